The minimum absolute atomic E-state index is 0.472. The van der Waals surface area contributed by atoms with Gasteiger partial charge in [0.15, 0.2) is 0 Å². The van der Waals surface area contributed by atoms with Crippen molar-refractivity contribution in [1.29, 1.82) is 0 Å². The van der Waals surface area contributed by atoms with Gasteiger partial charge >= 0.3 is 11.8 Å². The third-order valence-corrected chi connectivity index (χ3v) is 4.32. The molecule has 0 unspecified atom stereocenters. The van der Waals surface area contributed by atoms with Gasteiger partial charge in [-0.15, -0.1) is 0 Å². The predicted octanol–water partition coefficient (Wildman–Crippen LogP) is 2.41. The van der Waals surface area contributed by atoms with Crippen LogP contribution in [0.5, 0.6) is 0 Å². The predicted molar refractivity (Wildman–Crippen MR) is 94.2 cm³/mol. The van der Waals surface area contributed by atoms with Crippen LogP contribution in [0, 0.1) is 0 Å². The van der Waals surface area contributed by atoms with Crippen LogP contribution >= 0.6 is 0 Å². The van der Waals surface area contributed by atoms with Crippen molar-refractivity contribution in [2.75, 3.05) is 10.6 Å². The Morgan fingerprint density at radius 3 is 2.84 bits per heavy atom. The molecular formula is C18H17N5O2. The van der Waals surface area contributed by atoms with Crippen LogP contribution in [0.2, 0.25) is 0 Å². The highest BCUT2D eigenvalue weighted by Crippen LogP contribution is 2.22. The molecule has 0 spiro atoms. The Morgan fingerprint density at radius 2 is 1.92 bits per heavy atom. The van der Waals surface area contributed by atoms with Crippen molar-refractivity contribution >= 4 is 34.2 Å². The third kappa shape index (κ3) is 3.08. The molecule has 1 aliphatic carbocycles. The Bertz CT molecular complexity index is 963. The molecule has 7 nitrogen and oxygen atoms in total. The number of aromatic amines is 1. The van der Waals surface area contributed by atoms with E-state index in [1.54, 1.807) is 24.7 Å². The van der Waals surface area contributed by atoms with Gasteiger partial charge in [0.1, 0.15) is 5.52 Å². The number of carbonyl (C=O) groups excluding carboxylic acids is 2. The summed E-state index contributed by atoms with van der Waals surface area (Å²) in [5.41, 5.74) is 4.64. The van der Waals surface area contributed by atoms with Crippen molar-refractivity contribution in [3.05, 3.63) is 48.0 Å². The van der Waals surface area contributed by atoms with Crippen molar-refractivity contribution < 1.29 is 9.59 Å². The molecule has 0 aromatic carbocycles. The van der Waals surface area contributed by atoms with Gasteiger partial charge in [0.05, 0.1) is 23.1 Å². The second-order valence-electron chi connectivity index (χ2n) is 6.05. The number of amides is 2. The molecule has 0 aliphatic heterocycles. The van der Waals surface area contributed by atoms with Crippen molar-refractivity contribution in [3.63, 3.8) is 0 Å². The molecule has 2 amide bonds. The number of aryl methyl sites for hydroxylation is 2. The Labute approximate surface area is 143 Å². The molecular weight excluding hydrogens is 318 g/mol. The SMILES string of the molecule is O=C(Nc1cnc2c(c1)CCCC2)C(=O)Nc1c[nH]c2cccnc12. The fraction of sp³-hybridized carbons (Fsp3) is 0.222. The Hall–Kier alpha value is -3.22. The van der Waals surface area contributed by atoms with Crippen molar-refractivity contribution in [2.45, 2.75) is 25.7 Å². The molecule has 7 heteroatoms. The smallest absolute Gasteiger partial charge is 0.314 e. The Balaban J connectivity index is 1.46. The van der Waals surface area contributed by atoms with E-state index in [2.05, 4.69) is 25.6 Å². The van der Waals surface area contributed by atoms with Gasteiger partial charge in [-0.25, -0.2) is 0 Å². The van der Waals surface area contributed by atoms with Crippen LogP contribution in [0.15, 0.2) is 36.8 Å². The van der Waals surface area contributed by atoms with Gasteiger partial charge in [-0.1, -0.05) is 0 Å². The summed E-state index contributed by atoms with van der Waals surface area (Å²) in [6.45, 7) is 0. The van der Waals surface area contributed by atoms with Crippen LogP contribution in [-0.4, -0.2) is 26.8 Å². The minimum atomic E-state index is -0.746. The molecule has 3 aromatic heterocycles. The molecule has 0 bridgehead atoms. The zero-order valence-electron chi connectivity index (χ0n) is 13.5. The first-order chi connectivity index (χ1) is 12.2. The molecule has 4 rings (SSSR count). The van der Waals surface area contributed by atoms with Crippen LogP contribution in [-0.2, 0) is 22.4 Å². The number of H-pyrrole nitrogens is 1. The van der Waals surface area contributed by atoms with E-state index in [4.69, 9.17) is 0 Å². The number of fused-ring (bicyclic) bond motifs is 2. The zero-order chi connectivity index (χ0) is 17.2. The molecule has 0 radical (unpaired) electrons. The molecule has 25 heavy (non-hydrogen) atoms. The number of pyridine rings is 2. The topological polar surface area (TPSA) is 99.8 Å². The van der Waals surface area contributed by atoms with E-state index < -0.39 is 11.8 Å². The molecule has 1 aliphatic rings. The van der Waals surface area contributed by atoms with Gasteiger partial charge in [-0.3, -0.25) is 19.6 Å². The molecule has 0 fully saturated rings. The first-order valence-electron chi connectivity index (χ1n) is 8.23. The number of hydrogen-bond acceptors (Lipinski definition) is 4. The highest BCUT2D eigenvalue weighted by molar-refractivity contribution is 6.44. The lowest BCUT2D eigenvalue weighted by atomic mass is 9.96. The van der Waals surface area contributed by atoms with Gasteiger partial charge in [0.2, 0.25) is 0 Å². The van der Waals surface area contributed by atoms with Crippen molar-refractivity contribution in [2.24, 2.45) is 0 Å². The van der Waals surface area contributed by atoms with Crippen LogP contribution in [0.4, 0.5) is 11.4 Å². The highest BCUT2D eigenvalue weighted by Gasteiger charge is 2.18. The van der Waals surface area contributed by atoms with E-state index in [1.165, 1.54) is 0 Å². The molecule has 0 atom stereocenters. The second kappa shape index (κ2) is 6.35. The van der Waals surface area contributed by atoms with Crippen LogP contribution < -0.4 is 10.6 Å². The number of nitrogens with zero attached hydrogens (tertiary/aromatic N) is 2. The summed E-state index contributed by atoms with van der Waals surface area (Å²) in [6, 6.07) is 5.54. The van der Waals surface area contributed by atoms with E-state index in [9.17, 15) is 9.59 Å². The van der Waals surface area contributed by atoms with Crippen molar-refractivity contribution in [3.8, 4) is 0 Å². The van der Waals surface area contributed by atoms with Gasteiger partial charge in [0.25, 0.3) is 0 Å². The Morgan fingerprint density at radius 1 is 1.08 bits per heavy atom. The fourth-order valence-corrected chi connectivity index (χ4v) is 3.07. The molecule has 0 saturated carbocycles. The summed E-state index contributed by atoms with van der Waals surface area (Å²) in [7, 11) is 0. The molecule has 3 aromatic rings. The van der Waals surface area contributed by atoms with Crippen molar-refractivity contribution in [1.82, 2.24) is 15.0 Å². The summed E-state index contributed by atoms with van der Waals surface area (Å²) in [6.07, 6.45) is 9.04. The summed E-state index contributed by atoms with van der Waals surface area (Å²) < 4.78 is 0. The number of aromatic nitrogens is 3. The summed E-state index contributed by atoms with van der Waals surface area (Å²) in [5.74, 6) is -1.48. The maximum absolute atomic E-state index is 12.2. The van der Waals surface area contributed by atoms with E-state index in [1.807, 2.05) is 12.1 Å². The van der Waals surface area contributed by atoms with E-state index in [0.29, 0.717) is 16.9 Å². The zero-order valence-corrected chi connectivity index (χ0v) is 13.5. The maximum atomic E-state index is 12.2. The van der Waals surface area contributed by atoms with E-state index >= 15 is 0 Å². The number of nitrogens with one attached hydrogen (secondary N) is 3. The standard InChI is InChI=1S/C18H17N5O2/c24-17(22-12-8-11-4-1-2-5-13(11)20-9-12)18(25)23-15-10-21-14-6-3-7-19-16(14)15/h3,6-10,21H,1-2,4-5H2,(H,22,24)(H,23,25). The average Bonchev–Trinajstić information content (AvgIpc) is 3.04. The average molecular weight is 335 g/mol. The van der Waals surface area contributed by atoms with Crippen LogP contribution in [0.25, 0.3) is 11.0 Å². The number of rotatable bonds is 2. The first-order valence-corrected chi connectivity index (χ1v) is 8.23. The first kappa shape index (κ1) is 15.3. The van der Waals surface area contributed by atoms with Gasteiger partial charge in [-0.2, -0.15) is 0 Å². The summed E-state index contributed by atoms with van der Waals surface area (Å²) >= 11 is 0. The largest absolute Gasteiger partial charge is 0.358 e. The minimum Gasteiger partial charge on any atom is -0.358 e. The van der Waals surface area contributed by atoms with Crippen LogP contribution in [0.3, 0.4) is 0 Å². The number of anilines is 2. The van der Waals surface area contributed by atoms with Crippen LogP contribution in [0.1, 0.15) is 24.1 Å². The maximum Gasteiger partial charge on any atom is 0.314 e. The molecule has 3 heterocycles. The van der Waals surface area contributed by atoms with E-state index in [-0.39, 0.29) is 0 Å². The molecule has 0 saturated heterocycles. The number of hydrogen-bond donors (Lipinski definition) is 3. The monoisotopic (exact) mass is 335 g/mol. The summed E-state index contributed by atoms with van der Waals surface area (Å²) in [4.78, 5) is 35.9. The third-order valence-electron chi connectivity index (χ3n) is 4.32. The second-order valence-corrected chi connectivity index (χ2v) is 6.05. The van der Waals surface area contributed by atoms with Gasteiger partial charge in [-0.05, 0) is 49.4 Å². The molecule has 126 valence electrons. The normalized spacial score (nSPS) is 13.3. The highest BCUT2D eigenvalue weighted by atomic mass is 16.2. The van der Waals surface area contributed by atoms with Gasteiger partial charge in [0, 0.05) is 18.1 Å². The quantitative estimate of drug-likeness (QED) is 0.626. The molecule has 3 N–H and O–H groups in total. The lowest BCUT2D eigenvalue weighted by Crippen LogP contribution is -2.29. The number of carbonyl (C=O) groups is 2. The lowest BCUT2D eigenvalue weighted by Gasteiger charge is -2.15. The summed E-state index contributed by atoms with van der Waals surface area (Å²) in [5, 5.41) is 5.19. The van der Waals surface area contributed by atoms with Gasteiger partial charge < -0.3 is 15.6 Å². The Kier molecular flexibility index (Phi) is 3.89. The fourth-order valence-electron chi connectivity index (χ4n) is 3.07. The lowest BCUT2D eigenvalue weighted by molar-refractivity contribution is -0.132. The van der Waals surface area contributed by atoms with E-state index in [0.717, 1.165) is 42.5 Å².